The van der Waals surface area contributed by atoms with Gasteiger partial charge in [0.25, 0.3) is 0 Å². The van der Waals surface area contributed by atoms with E-state index in [0.717, 1.165) is 32.5 Å². The molecule has 0 aromatic heterocycles. The number of carboxylic acid groups (broad SMARTS) is 1. The van der Waals surface area contributed by atoms with Crippen LogP contribution in [0, 0.1) is 11.8 Å². The zero-order valence-electron chi connectivity index (χ0n) is 12.6. The molecule has 2 unspecified atom stereocenters. The van der Waals surface area contributed by atoms with E-state index in [0.29, 0.717) is 12.8 Å². The minimum Gasteiger partial charge on any atom is -0.480 e. The highest BCUT2D eigenvalue weighted by atomic mass is 16.4. The largest absolute Gasteiger partial charge is 0.480 e. The Morgan fingerprint density at radius 1 is 1.29 bits per heavy atom. The summed E-state index contributed by atoms with van der Waals surface area (Å²) in [6, 6.07) is 0. The molecule has 21 heavy (non-hydrogen) atoms. The Morgan fingerprint density at radius 2 is 1.95 bits per heavy atom. The van der Waals surface area contributed by atoms with Gasteiger partial charge in [0.15, 0.2) is 0 Å². The number of hydrogen-bond donors (Lipinski definition) is 4. The van der Waals surface area contributed by atoms with E-state index in [1.165, 1.54) is 12.8 Å². The van der Waals surface area contributed by atoms with Crippen molar-refractivity contribution in [3.05, 3.63) is 0 Å². The summed E-state index contributed by atoms with van der Waals surface area (Å²) in [4.78, 5) is 14.0. The van der Waals surface area contributed by atoms with Crippen molar-refractivity contribution in [1.82, 2.24) is 4.90 Å². The third kappa shape index (κ3) is 4.19. The summed E-state index contributed by atoms with van der Waals surface area (Å²) >= 11 is 0. The number of likely N-dealkylation sites (tertiary alicyclic amines) is 1. The molecule has 1 saturated carbocycles. The Hall–Kier alpha value is -0.625. The standard InChI is InChI=1S/C14H27BN2O4/c16-14(13(18)19)9-11(5-6-15(20)21)3-4-12(14)10-17-7-1-2-8-17/h11-12,20-21H,1-10,16H2,(H,18,19)/t11?,12?,14-/m1/s1. The van der Waals surface area contributed by atoms with E-state index in [9.17, 15) is 9.90 Å². The lowest BCUT2D eigenvalue weighted by Crippen LogP contribution is -2.59. The first-order chi connectivity index (χ1) is 9.91. The minimum atomic E-state index is -1.32. The molecule has 0 amide bonds. The molecule has 1 aliphatic carbocycles. The van der Waals surface area contributed by atoms with Gasteiger partial charge in [-0.05, 0) is 57.4 Å². The van der Waals surface area contributed by atoms with E-state index in [4.69, 9.17) is 15.8 Å². The van der Waals surface area contributed by atoms with Crippen LogP contribution in [0.5, 0.6) is 0 Å². The van der Waals surface area contributed by atoms with Crippen molar-refractivity contribution in [3.8, 4) is 0 Å². The third-order valence-corrected chi connectivity index (χ3v) is 5.19. The lowest BCUT2D eigenvalue weighted by molar-refractivity contribution is -0.148. The van der Waals surface area contributed by atoms with Gasteiger partial charge < -0.3 is 25.8 Å². The maximum Gasteiger partial charge on any atom is 0.451 e. The van der Waals surface area contributed by atoms with Gasteiger partial charge in [-0.3, -0.25) is 4.79 Å². The molecule has 0 aromatic rings. The molecule has 1 aliphatic heterocycles. The summed E-state index contributed by atoms with van der Waals surface area (Å²) in [7, 11) is -1.32. The summed E-state index contributed by atoms with van der Waals surface area (Å²) in [5.41, 5.74) is 5.10. The number of rotatable bonds is 6. The van der Waals surface area contributed by atoms with E-state index in [1.54, 1.807) is 0 Å². The van der Waals surface area contributed by atoms with Gasteiger partial charge in [0.2, 0.25) is 0 Å². The highest BCUT2D eigenvalue weighted by molar-refractivity contribution is 6.40. The molecular formula is C14H27BN2O4. The summed E-state index contributed by atoms with van der Waals surface area (Å²) in [6.07, 6.45) is 5.47. The quantitative estimate of drug-likeness (QED) is 0.520. The van der Waals surface area contributed by atoms with Crippen LogP contribution in [0.1, 0.15) is 38.5 Å². The van der Waals surface area contributed by atoms with Crippen LogP contribution in [0.2, 0.25) is 6.32 Å². The first kappa shape index (κ1) is 16.7. The van der Waals surface area contributed by atoms with Crippen molar-refractivity contribution in [3.63, 3.8) is 0 Å². The second-order valence-corrected chi connectivity index (χ2v) is 6.76. The second-order valence-electron chi connectivity index (χ2n) is 6.76. The predicted molar refractivity (Wildman–Crippen MR) is 80.7 cm³/mol. The summed E-state index contributed by atoms with van der Waals surface area (Å²) in [6.45, 7) is 2.87. The number of aliphatic carboxylic acids is 1. The molecule has 0 bridgehead atoms. The minimum absolute atomic E-state index is 0.0107. The van der Waals surface area contributed by atoms with Gasteiger partial charge >= 0.3 is 13.1 Å². The Labute approximate surface area is 126 Å². The average molecular weight is 298 g/mol. The molecule has 0 radical (unpaired) electrons. The smallest absolute Gasteiger partial charge is 0.451 e. The number of carboxylic acids is 1. The van der Waals surface area contributed by atoms with Crippen molar-refractivity contribution < 1.29 is 19.9 Å². The van der Waals surface area contributed by atoms with Crippen LogP contribution >= 0.6 is 0 Å². The molecule has 2 rings (SSSR count). The van der Waals surface area contributed by atoms with Crippen LogP contribution in [0.3, 0.4) is 0 Å². The van der Waals surface area contributed by atoms with Gasteiger partial charge in [0, 0.05) is 12.5 Å². The molecule has 1 heterocycles. The molecule has 0 aromatic carbocycles. The lowest BCUT2D eigenvalue weighted by Gasteiger charge is -2.43. The Morgan fingerprint density at radius 3 is 2.52 bits per heavy atom. The van der Waals surface area contributed by atoms with Gasteiger partial charge in [-0.2, -0.15) is 0 Å². The first-order valence-electron chi connectivity index (χ1n) is 8.02. The highest BCUT2D eigenvalue weighted by Crippen LogP contribution is 2.39. The second kappa shape index (κ2) is 7.09. The van der Waals surface area contributed by atoms with E-state index in [1.807, 2.05) is 0 Å². The van der Waals surface area contributed by atoms with Crippen molar-refractivity contribution in [1.29, 1.82) is 0 Å². The molecule has 2 fully saturated rings. The van der Waals surface area contributed by atoms with Crippen molar-refractivity contribution in [2.24, 2.45) is 17.6 Å². The van der Waals surface area contributed by atoms with Crippen molar-refractivity contribution in [2.75, 3.05) is 19.6 Å². The number of carbonyl (C=O) groups is 1. The Bertz CT molecular complexity index is 363. The van der Waals surface area contributed by atoms with Gasteiger partial charge in [0.1, 0.15) is 5.54 Å². The Balaban J connectivity index is 1.97. The lowest BCUT2D eigenvalue weighted by atomic mass is 9.66. The predicted octanol–water partition coefficient (Wildman–Crippen LogP) is 0.143. The molecular weight excluding hydrogens is 271 g/mol. The van der Waals surface area contributed by atoms with E-state index in [-0.39, 0.29) is 18.2 Å². The van der Waals surface area contributed by atoms with Gasteiger partial charge in [0.05, 0.1) is 0 Å². The van der Waals surface area contributed by atoms with Gasteiger partial charge in [-0.25, -0.2) is 0 Å². The molecule has 3 atom stereocenters. The van der Waals surface area contributed by atoms with Gasteiger partial charge in [-0.1, -0.05) is 6.42 Å². The molecule has 6 nitrogen and oxygen atoms in total. The monoisotopic (exact) mass is 298 g/mol. The number of hydrogen-bond acceptors (Lipinski definition) is 5. The van der Waals surface area contributed by atoms with E-state index < -0.39 is 18.6 Å². The molecule has 1 saturated heterocycles. The zero-order chi connectivity index (χ0) is 15.5. The fourth-order valence-electron chi connectivity index (χ4n) is 3.87. The molecule has 2 aliphatic rings. The first-order valence-corrected chi connectivity index (χ1v) is 8.02. The summed E-state index contributed by atoms with van der Waals surface area (Å²) in [5, 5.41) is 27.5. The van der Waals surface area contributed by atoms with Crippen LogP contribution in [-0.2, 0) is 4.79 Å². The van der Waals surface area contributed by atoms with E-state index in [2.05, 4.69) is 4.90 Å². The van der Waals surface area contributed by atoms with Crippen LogP contribution in [0.15, 0.2) is 0 Å². The summed E-state index contributed by atoms with van der Waals surface area (Å²) < 4.78 is 0. The summed E-state index contributed by atoms with van der Waals surface area (Å²) in [5.74, 6) is -0.757. The third-order valence-electron chi connectivity index (χ3n) is 5.19. The van der Waals surface area contributed by atoms with Crippen LogP contribution in [0.25, 0.3) is 0 Å². The molecule has 5 N–H and O–H groups in total. The molecule has 120 valence electrons. The van der Waals surface area contributed by atoms with Crippen LogP contribution < -0.4 is 5.73 Å². The fraction of sp³-hybridized carbons (Fsp3) is 0.929. The van der Waals surface area contributed by atoms with E-state index >= 15 is 0 Å². The van der Waals surface area contributed by atoms with Crippen LogP contribution in [0.4, 0.5) is 0 Å². The fourth-order valence-corrected chi connectivity index (χ4v) is 3.87. The number of nitrogens with zero attached hydrogens (tertiary/aromatic N) is 1. The normalized spacial score (nSPS) is 34.0. The maximum absolute atomic E-state index is 11.7. The maximum atomic E-state index is 11.7. The topological polar surface area (TPSA) is 107 Å². The van der Waals surface area contributed by atoms with Crippen LogP contribution in [-0.4, -0.2) is 58.3 Å². The average Bonchev–Trinajstić information content (AvgIpc) is 2.92. The zero-order valence-corrected chi connectivity index (χ0v) is 12.6. The van der Waals surface area contributed by atoms with Gasteiger partial charge in [-0.15, -0.1) is 0 Å². The molecule has 0 spiro atoms. The van der Waals surface area contributed by atoms with Crippen molar-refractivity contribution in [2.45, 2.75) is 50.4 Å². The molecule has 7 heteroatoms. The SMILES string of the molecule is N[C@]1(C(=O)O)CC(CCB(O)O)CCC1CN1CCCC1. The number of nitrogens with two attached hydrogens (primary N) is 1. The van der Waals surface area contributed by atoms with Crippen molar-refractivity contribution >= 4 is 13.1 Å². The Kier molecular flexibility index (Phi) is 5.65. The highest BCUT2D eigenvalue weighted by Gasteiger charge is 2.47.